The standard InChI is InChI=1S/C11H11F2NO5S/c1-6(10(16)17)14-9(15)7-2-4-8(5-3-7)20(18,19)11(12)13/h2-6,11H,1H3,(H,14,15)(H,16,17)/t6-/m1/s1. The summed E-state index contributed by atoms with van der Waals surface area (Å²) in [6.45, 7) is 1.25. The molecular formula is C11H11F2NO5S. The number of alkyl halides is 2. The molecule has 0 aliphatic carbocycles. The highest BCUT2D eigenvalue weighted by molar-refractivity contribution is 7.91. The molecule has 0 bridgehead atoms. The van der Waals surface area contributed by atoms with Gasteiger partial charge in [-0.25, -0.2) is 8.42 Å². The fourth-order valence-electron chi connectivity index (χ4n) is 1.24. The van der Waals surface area contributed by atoms with Crippen LogP contribution in [0.2, 0.25) is 0 Å². The smallest absolute Gasteiger partial charge is 0.341 e. The highest BCUT2D eigenvalue weighted by atomic mass is 32.2. The number of carbonyl (C=O) groups excluding carboxylic acids is 1. The van der Waals surface area contributed by atoms with E-state index in [1.165, 1.54) is 6.92 Å². The molecule has 0 heterocycles. The number of amides is 1. The van der Waals surface area contributed by atoms with Gasteiger partial charge in [0.25, 0.3) is 5.91 Å². The topological polar surface area (TPSA) is 101 Å². The van der Waals surface area contributed by atoms with Crippen LogP contribution in [-0.2, 0) is 14.6 Å². The number of carboxylic acid groups (broad SMARTS) is 1. The second-order valence-corrected chi connectivity index (χ2v) is 5.78. The first-order valence-corrected chi connectivity index (χ1v) is 6.86. The molecule has 20 heavy (non-hydrogen) atoms. The average molecular weight is 307 g/mol. The van der Waals surface area contributed by atoms with Crippen LogP contribution in [0, 0.1) is 0 Å². The normalized spacial score (nSPS) is 13.0. The summed E-state index contributed by atoms with van der Waals surface area (Å²) in [6.07, 6.45) is 0. The summed E-state index contributed by atoms with van der Waals surface area (Å²) in [5.41, 5.74) is -0.0358. The van der Waals surface area contributed by atoms with Gasteiger partial charge in [0.15, 0.2) is 0 Å². The molecule has 0 radical (unpaired) electrons. The molecule has 1 aromatic rings. The number of carbonyl (C=O) groups is 2. The SMILES string of the molecule is C[C@@H](NC(=O)c1ccc(S(=O)(=O)C(F)F)cc1)C(=O)O. The van der Waals surface area contributed by atoms with E-state index < -0.39 is 38.4 Å². The van der Waals surface area contributed by atoms with Crippen LogP contribution in [-0.4, -0.2) is 37.2 Å². The van der Waals surface area contributed by atoms with E-state index in [1.807, 2.05) is 0 Å². The van der Waals surface area contributed by atoms with Gasteiger partial charge in [-0.15, -0.1) is 0 Å². The predicted octanol–water partition coefficient (Wildman–Crippen LogP) is 0.886. The summed E-state index contributed by atoms with van der Waals surface area (Å²) in [6, 6.07) is 2.65. The zero-order valence-corrected chi connectivity index (χ0v) is 11.0. The Morgan fingerprint density at radius 3 is 2.10 bits per heavy atom. The molecule has 0 saturated carbocycles. The maximum absolute atomic E-state index is 12.3. The van der Waals surface area contributed by atoms with Gasteiger partial charge in [-0.2, -0.15) is 8.78 Å². The van der Waals surface area contributed by atoms with E-state index in [0.29, 0.717) is 0 Å². The van der Waals surface area contributed by atoms with E-state index in [9.17, 15) is 26.8 Å². The van der Waals surface area contributed by atoms with Gasteiger partial charge in [0.2, 0.25) is 9.84 Å². The number of aliphatic carboxylic acids is 1. The number of hydrogen-bond donors (Lipinski definition) is 2. The summed E-state index contributed by atoms with van der Waals surface area (Å²) in [5.74, 6) is -5.54. The van der Waals surface area contributed by atoms with Crippen LogP contribution in [0.1, 0.15) is 17.3 Å². The van der Waals surface area contributed by atoms with E-state index in [4.69, 9.17) is 5.11 Å². The van der Waals surface area contributed by atoms with Crippen molar-refractivity contribution in [2.24, 2.45) is 0 Å². The molecule has 0 saturated heterocycles. The Morgan fingerprint density at radius 1 is 1.20 bits per heavy atom. The number of halogens is 2. The number of rotatable bonds is 5. The summed E-state index contributed by atoms with van der Waals surface area (Å²) < 4.78 is 46.9. The van der Waals surface area contributed by atoms with E-state index in [0.717, 1.165) is 24.3 Å². The lowest BCUT2D eigenvalue weighted by Gasteiger charge is -2.09. The highest BCUT2D eigenvalue weighted by Crippen LogP contribution is 2.18. The monoisotopic (exact) mass is 307 g/mol. The first kappa shape index (κ1) is 16.0. The molecule has 2 N–H and O–H groups in total. The molecule has 0 aliphatic rings. The van der Waals surface area contributed by atoms with E-state index >= 15 is 0 Å². The van der Waals surface area contributed by atoms with Gasteiger partial charge in [0.05, 0.1) is 4.90 Å². The van der Waals surface area contributed by atoms with Gasteiger partial charge in [-0.3, -0.25) is 9.59 Å². The molecular weight excluding hydrogens is 296 g/mol. The predicted molar refractivity (Wildman–Crippen MR) is 64.2 cm³/mol. The Balaban J connectivity index is 2.92. The molecule has 1 rings (SSSR count). The van der Waals surface area contributed by atoms with Crippen LogP contribution < -0.4 is 5.32 Å². The average Bonchev–Trinajstić information content (AvgIpc) is 2.38. The molecule has 0 unspecified atom stereocenters. The zero-order valence-electron chi connectivity index (χ0n) is 10.2. The first-order chi connectivity index (χ1) is 9.16. The van der Waals surface area contributed by atoms with Crippen LogP contribution in [0.5, 0.6) is 0 Å². The summed E-state index contributed by atoms with van der Waals surface area (Å²) in [7, 11) is -4.72. The van der Waals surface area contributed by atoms with Crippen LogP contribution >= 0.6 is 0 Å². The van der Waals surface area contributed by atoms with Crippen molar-refractivity contribution in [3.8, 4) is 0 Å². The zero-order chi connectivity index (χ0) is 15.5. The van der Waals surface area contributed by atoms with E-state index in [2.05, 4.69) is 5.32 Å². The second-order valence-electron chi connectivity index (χ2n) is 3.86. The maximum atomic E-state index is 12.3. The van der Waals surface area contributed by atoms with Crippen LogP contribution in [0.3, 0.4) is 0 Å². The quantitative estimate of drug-likeness (QED) is 0.841. The van der Waals surface area contributed by atoms with Crippen LogP contribution in [0.15, 0.2) is 29.2 Å². The Bertz CT molecular complexity index is 612. The number of sulfone groups is 1. The minimum absolute atomic E-state index is 0.0358. The highest BCUT2D eigenvalue weighted by Gasteiger charge is 2.26. The molecule has 1 aromatic carbocycles. The number of hydrogen-bond acceptors (Lipinski definition) is 4. The largest absolute Gasteiger partial charge is 0.480 e. The fraction of sp³-hybridized carbons (Fsp3) is 0.273. The second kappa shape index (κ2) is 5.95. The van der Waals surface area contributed by atoms with Crippen LogP contribution in [0.4, 0.5) is 8.78 Å². The molecule has 1 amide bonds. The third-order valence-corrected chi connectivity index (χ3v) is 3.80. The van der Waals surface area contributed by atoms with Crippen molar-refractivity contribution in [3.05, 3.63) is 29.8 Å². The number of carboxylic acids is 1. The lowest BCUT2D eigenvalue weighted by atomic mass is 10.2. The molecule has 0 aliphatic heterocycles. The van der Waals surface area contributed by atoms with Gasteiger partial charge in [-0.05, 0) is 31.2 Å². The van der Waals surface area contributed by atoms with Crippen LogP contribution in [0.25, 0.3) is 0 Å². The molecule has 1 atom stereocenters. The third-order valence-electron chi connectivity index (χ3n) is 2.40. The van der Waals surface area contributed by atoms with Gasteiger partial charge in [0, 0.05) is 5.56 Å². The van der Waals surface area contributed by atoms with Crippen molar-refractivity contribution < 1.29 is 31.9 Å². The summed E-state index contributed by atoms with van der Waals surface area (Å²) >= 11 is 0. The van der Waals surface area contributed by atoms with Crippen molar-refractivity contribution in [2.75, 3.05) is 0 Å². The van der Waals surface area contributed by atoms with Gasteiger partial charge in [0.1, 0.15) is 6.04 Å². The molecule has 9 heteroatoms. The molecule has 6 nitrogen and oxygen atoms in total. The van der Waals surface area contributed by atoms with Gasteiger partial charge >= 0.3 is 11.7 Å². The summed E-state index contributed by atoms with van der Waals surface area (Å²) in [4.78, 5) is 21.5. The molecule has 0 spiro atoms. The van der Waals surface area contributed by atoms with Gasteiger partial charge in [-0.1, -0.05) is 0 Å². The van der Waals surface area contributed by atoms with Crippen molar-refractivity contribution in [1.82, 2.24) is 5.32 Å². The Kier molecular flexibility index (Phi) is 4.77. The number of benzene rings is 1. The first-order valence-electron chi connectivity index (χ1n) is 5.32. The molecule has 0 aromatic heterocycles. The van der Waals surface area contributed by atoms with Crippen molar-refractivity contribution in [3.63, 3.8) is 0 Å². The van der Waals surface area contributed by atoms with Crippen molar-refractivity contribution in [2.45, 2.75) is 23.6 Å². The Labute approximate surface area is 113 Å². The lowest BCUT2D eigenvalue weighted by molar-refractivity contribution is -0.138. The van der Waals surface area contributed by atoms with Crippen molar-refractivity contribution in [1.29, 1.82) is 0 Å². The third kappa shape index (κ3) is 3.50. The summed E-state index contributed by atoms with van der Waals surface area (Å²) in [5, 5.41) is 10.8. The van der Waals surface area contributed by atoms with E-state index in [1.54, 1.807) is 0 Å². The van der Waals surface area contributed by atoms with Crippen molar-refractivity contribution >= 4 is 21.7 Å². The minimum atomic E-state index is -4.72. The maximum Gasteiger partial charge on any atom is 0.341 e. The Morgan fingerprint density at radius 2 is 1.70 bits per heavy atom. The Hall–Kier alpha value is -2.03. The molecule has 110 valence electrons. The van der Waals surface area contributed by atoms with Gasteiger partial charge < -0.3 is 10.4 Å². The number of nitrogens with one attached hydrogen (secondary N) is 1. The minimum Gasteiger partial charge on any atom is -0.480 e. The van der Waals surface area contributed by atoms with E-state index in [-0.39, 0.29) is 5.56 Å². The lowest BCUT2D eigenvalue weighted by Crippen LogP contribution is -2.38. The fourth-order valence-corrected chi connectivity index (χ4v) is 1.96. The molecule has 0 fully saturated rings.